The van der Waals surface area contributed by atoms with Crippen LogP contribution in [0.4, 0.5) is 0 Å². The number of carbonyl (C=O) groups is 1. The van der Waals surface area contributed by atoms with Crippen molar-refractivity contribution in [1.29, 1.82) is 0 Å². The minimum Gasteiger partial charge on any atom is -0.469 e. The van der Waals surface area contributed by atoms with Crippen molar-refractivity contribution in [3.05, 3.63) is 59.2 Å². The summed E-state index contributed by atoms with van der Waals surface area (Å²) in [6, 6.07) is 9.35. The van der Waals surface area contributed by atoms with E-state index in [9.17, 15) is 4.79 Å². The van der Waals surface area contributed by atoms with E-state index in [0.29, 0.717) is 23.5 Å². The quantitative estimate of drug-likeness (QED) is 0.660. The Morgan fingerprint density at radius 2 is 2.11 bits per heavy atom. The van der Waals surface area contributed by atoms with Crippen molar-refractivity contribution < 1.29 is 13.6 Å². The number of rotatable bonds is 3. The second-order valence-electron chi connectivity index (χ2n) is 4.54. The van der Waals surface area contributed by atoms with Crippen molar-refractivity contribution in [3.63, 3.8) is 0 Å². The zero-order valence-electron chi connectivity index (χ0n) is 10.9. The number of hydrogen-bond donors (Lipinski definition) is 0. The highest BCUT2D eigenvalue weighted by Crippen LogP contribution is 2.25. The molecule has 0 aliphatic carbocycles. The number of carbonyl (C=O) groups excluding carboxylic acids is 1. The van der Waals surface area contributed by atoms with Crippen LogP contribution in [-0.2, 0) is 6.42 Å². The molecular formula is C16H14O3. The van der Waals surface area contributed by atoms with Gasteiger partial charge in [-0.2, -0.15) is 0 Å². The van der Waals surface area contributed by atoms with Crippen LogP contribution < -0.4 is 0 Å². The van der Waals surface area contributed by atoms with Gasteiger partial charge in [0.1, 0.15) is 11.3 Å². The molecule has 0 saturated heterocycles. The standard InChI is InChI=1S/C16H14O3/c1-3-13-12(7-8-18-13)15(17)14-9-11-6-4-5-10(2)16(11)19-14/h4-9H,3H2,1-2H3. The van der Waals surface area contributed by atoms with E-state index in [4.69, 9.17) is 8.83 Å². The molecule has 0 aliphatic heterocycles. The maximum atomic E-state index is 12.4. The molecule has 0 fully saturated rings. The van der Waals surface area contributed by atoms with Gasteiger partial charge >= 0.3 is 0 Å². The summed E-state index contributed by atoms with van der Waals surface area (Å²) in [5.74, 6) is 0.934. The first kappa shape index (κ1) is 11.8. The van der Waals surface area contributed by atoms with Gasteiger partial charge in [0.05, 0.1) is 11.8 Å². The van der Waals surface area contributed by atoms with Crippen LogP contribution in [0.3, 0.4) is 0 Å². The molecule has 0 aliphatic rings. The van der Waals surface area contributed by atoms with Gasteiger partial charge in [0, 0.05) is 11.8 Å². The first-order valence-electron chi connectivity index (χ1n) is 6.31. The topological polar surface area (TPSA) is 43.4 Å². The highest BCUT2D eigenvalue weighted by Gasteiger charge is 2.19. The van der Waals surface area contributed by atoms with Crippen molar-refractivity contribution >= 4 is 16.8 Å². The molecule has 3 rings (SSSR count). The van der Waals surface area contributed by atoms with Crippen molar-refractivity contribution in [3.8, 4) is 0 Å². The first-order chi connectivity index (χ1) is 9.20. The Hall–Kier alpha value is -2.29. The van der Waals surface area contributed by atoms with Crippen LogP contribution in [0, 0.1) is 6.92 Å². The summed E-state index contributed by atoms with van der Waals surface area (Å²) < 4.78 is 11.0. The van der Waals surface area contributed by atoms with Gasteiger partial charge in [-0.15, -0.1) is 0 Å². The number of para-hydroxylation sites is 1. The fourth-order valence-electron chi connectivity index (χ4n) is 2.27. The Bertz CT molecular complexity index is 746. The van der Waals surface area contributed by atoms with Crippen LogP contribution in [-0.4, -0.2) is 5.78 Å². The molecule has 0 bridgehead atoms. The number of benzene rings is 1. The Balaban J connectivity index is 2.09. The maximum absolute atomic E-state index is 12.4. The van der Waals surface area contributed by atoms with E-state index >= 15 is 0 Å². The van der Waals surface area contributed by atoms with Crippen molar-refractivity contribution in [2.75, 3.05) is 0 Å². The van der Waals surface area contributed by atoms with E-state index < -0.39 is 0 Å². The van der Waals surface area contributed by atoms with Crippen LogP contribution in [0.15, 0.2) is 45.4 Å². The SMILES string of the molecule is CCc1occc1C(=O)c1cc2cccc(C)c2o1. The molecule has 2 aromatic heterocycles. The molecule has 0 amide bonds. The summed E-state index contributed by atoms with van der Waals surface area (Å²) in [6.45, 7) is 3.92. The normalized spacial score (nSPS) is 11.1. The Kier molecular flexibility index (Phi) is 2.75. The van der Waals surface area contributed by atoms with Gasteiger partial charge in [-0.05, 0) is 24.6 Å². The Morgan fingerprint density at radius 3 is 2.84 bits per heavy atom. The molecule has 3 aromatic rings. The summed E-state index contributed by atoms with van der Waals surface area (Å²) in [6.07, 6.45) is 2.23. The number of ketones is 1. The summed E-state index contributed by atoms with van der Waals surface area (Å²) in [5, 5.41) is 0.949. The largest absolute Gasteiger partial charge is 0.469 e. The molecule has 3 nitrogen and oxygen atoms in total. The lowest BCUT2D eigenvalue weighted by Gasteiger charge is -1.96. The van der Waals surface area contributed by atoms with Crippen LogP contribution >= 0.6 is 0 Å². The van der Waals surface area contributed by atoms with E-state index in [1.807, 2.05) is 32.0 Å². The van der Waals surface area contributed by atoms with Gasteiger partial charge in [-0.1, -0.05) is 25.1 Å². The van der Waals surface area contributed by atoms with E-state index in [-0.39, 0.29) is 5.78 Å². The van der Waals surface area contributed by atoms with E-state index in [0.717, 1.165) is 16.5 Å². The molecule has 0 unspecified atom stereocenters. The lowest BCUT2D eigenvalue weighted by Crippen LogP contribution is -2.00. The van der Waals surface area contributed by atoms with Gasteiger partial charge in [0.2, 0.25) is 5.78 Å². The molecular weight excluding hydrogens is 240 g/mol. The average molecular weight is 254 g/mol. The third-order valence-electron chi connectivity index (χ3n) is 3.28. The molecule has 96 valence electrons. The zero-order valence-corrected chi connectivity index (χ0v) is 10.9. The third-order valence-corrected chi connectivity index (χ3v) is 3.28. The highest BCUT2D eigenvalue weighted by atomic mass is 16.3. The number of fused-ring (bicyclic) bond motifs is 1. The molecule has 0 N–H and O–H groups in total. The second-order valence-corrected chi connectivity index (χ2v) is 4.54. The Morgan fingerprint density at radius 1 is 1.26 bits per heavy atom. The zero-order chi connectivity index (χ0) is 13.4. The molecule has 0 saturated carbocycles. The maximum Gasteiger partial charge on any atom is 0.231 e. The second kappa shape index (κ2) is 4.43. The predicted octanol–water partition coefficient (Wildman–Crippen LogP) is 4.13. The molecule has 2 heterocycles. The van der Waals surface area contributed by atoms with Gasteiger partial charge in [-0.25, -0.2) is 0 Å². The summed E-state index contributed by atoms with van der Waals surface area (Å²) in [4.78, 5) is 12.4. The average Bonchev–Trinajstić information content (AvgIpc) is 3.04. The Labute approximate surface area is 110 Å². The third kappa shape index (κ3) is 1.87. The molecule has 0 spiro atoms. The molecule has 0 atom stereocenters. The monoisotopic (exact) mass is 254 g/mol. The van der Waals surface area contributed by atoms with Crippen LogP contribution in [0.25, 0.3) is 11.0 Å². The number of hydrogen-bond acceptors (Lipinski definition) is 3. The van der Waals surface area contributed by atoms with Gasteiger partial charge in [0.25, 0.3) is 0 Å². The van der Waals surface area contributed by atoms with Crippen LogP contribution in [0.5, 0.6) is 0 Å². The molecule has 0 radical (unpaired) electrons. The molecule has 1 aromatic carbocycles. The summed E-state index contributed by atoms with van der Waals surface area (Å²) in [7, 11) is 0. The predicted molar refractivity (Wildman–Crippen MR) is 72.5 cm³/mol. The number of aryl methyl sites for hydroxylation is 2. The van der Waals surface area contributed by atoms with Crippen molar-refractivity contribution in [2.24, 2.45) is 0 Å². The van der Waals surface area contributed by atoms with Crippen molar-refractivity contribution in [2.45, 2.75) is 20.3 Å². The highest BCUT2D eigenvalue weighted by molar-refractivity contribution is 6.09. The van der Waals surface area contributed by atoms with Crippen LogP contribution in [0.1, 0.15) is 34.4 Å². The number of furan rings is 2. The lowest BCUT2D eigenvalue weighted by molar-refractivity contribution is 0.101. The van der Waals surface area contributed by atoms with E-state index in [1.165, 1.54) is 0 Å². The minimum absolute atomic E-state index is 0.124. The lowest BCUT2D eigenvalue weighted by atomic mass is 10.1. The first-order valence-corrected chi connectivity index (χ1v) is 6.31. The van der Waals surface area contributed by atoms with E-state index in [2.05, 4.69) is 0 Å². The van der Waals surface area contributed by atoms with Crippen LogP contribution in [0.2, 0.25) is 0 Å². The van der Waals surface area contributed by atoms with Crippen molar-refractivity contribution in [1.82, 2.24) is 0 Å². The fraction of sp³-hybridized carbons (Fsp3) is 0.188. The smallest absolute Gasteiger partial charge is 0.231 e. The van der Waals surface area contributed by atoms with Gasteiger partial charge in [0.15, 0.2) is 5.76 Å². The minimum atomic E-state index is -0.124. The summed E-state index contributed by atoms with van der Waals surface area (Å²) in [5.41, 5.74) is 2.38. The molecule has 19 heavy (non-hydrogen) atoms. The molecule has 3 heteroatoms. The fourth-order valence-corrected chi connectivity index (χ4v) is 2.27. The van der Waals surface area contributed by atoms with E-state index in [1.54, 1.807) is 18.4 Å². The van der Waals surface area contributed by atoms with Gasteiger partial charge < -0.3 is 8.83 Å². The summed E-state index contributed by atoms with van der Waals surface area (Å²) >= 11 is 0. The van der Waals surface area contributed by atoms with Gasteiger partial charge in [-0.3, -0.25) is 4.79 Å².